The highest BCUT2D eigenvalue weighted by molar-refractivity contribution is 5.00. The van der Waals surface area contributed by atoms with Crippen molar-refractivity contribution >= 4 is 0 Å². The molecular weight excluding hydrogens is 232 g/mol. The van der Waals surface area contributed by atoms with E-state index in [1.807, 2.05) is 0 Å². The molecule has 116 valence electrons. The molecule has 19 heavy (non-hydrogen) atoms. The van der Waals surface area contributed by atoms with E-state index in [0.717, 1.165) is 24.9 Å². The van der Waals surface area contributed by atoms with Gasteiger partial charge < -0.3 is 4.74 Å². The summed E-state index contributed by atoms with van der Waals surface area (Å²) in [5.41, 5.74) is 1.49. The molecule has 0 aliphatic heterocycles. The van der Waals surface area contributed by atoms with Gasteiger partial charge in [0, 0.05) is 13.7 Å². The van der Waals surface area contributed by atoms with E-state index in [2.05, 4.69) is 41.2 Å². The van der Waals surface area contributed by atoms with Gasteiger partial charge in [-0.3, -0.25) is 0 Å². The van der Waals surface area contributed by atoms with E-state index in [-0.39, 0.29) is 0 Å². The van der Waals surface area contributed by atoms with Crippen LogP contribution in [0.2, 0.25) is 0 Å². The van der Waals surface area contributed by atoms with Crippen molar-refractivity contribution < 1.29 is 4.74 Å². The molecule has 0 unspecified atom stereocenters. The first-order valence-electron chi connectivity index (χ1n) is 8.16. The number of hydrogen-bond acceptors (Lipinski definition) is 1. The van der Waals surface area contributed by atoms with Crippen molar-refractivity contribution in [2.75, 3.05) is 13.7 Å². The molecule has 1 rings (SSSR count). The molecule has 0 N–H and O–H groups in total. The lowest BCUT2D eigenvalue weighted by atomic mass is 9.83. The Bertz CT molecular complexity index is 173. The number of ether oxygens (including phenoxy) is 1. The third kappa shape index (κ3) is 17.7. The van der Waals surface area contributed by atoms with Crippen LogP contribution in [-0.4, -0.2) is 13.7 Å². The lowest BCUT2D eigenvalue weighted by Crippen LogP contribution is -2.07. The molecule has 0 bridgehead atoms. The largest absolute Gasteiger partial charge is 0.385 e. The molecule has 0 saturated heterocycles. The molecule has 1 saturated carbocycles. The van der Waals surface area contributed by atoms with E-state index >= 15 is 0 Å². The van der Waals surface area contributed by atoms with Crippen LogP contribution in [0.5, 0.6) is 0 Å². The molecule has 1 fully saturated rings. The van der Waals surface area contributed by atoms with Crippen molar-refractivity contribution in [2.24, 2.45) is 11.8 Å². The molecule has 0 atom stereocenters. The van der Waals surface area contributed by atoms with Gasteiger partial charge in [0.1, 0.15) is 0 Å². The average molecular weight is 271 g/mol. The van der Waals surface area contributed by atoms with Crippen molar-refractivity contribution in [3.05, 3.63) is 12.2 Å². The highest BCUT2D eigenvalue weighted by Crippen LogP contribution is 2.29. The topological polar surface area (TPSA) is 9.23 Å². The summed E-state index contributed by atoms with van der Waals surface area (Å²) in [6.07, 6.45) is 9.45. The fourth-order valence-corrected chi connectivity index (χ4v) is 2.00. The van der Waals surface area contributed by atoms with Crippen LogP contribution in [0.3, 0.4) is 0 Å². The molecule has 0 radical (unpaired) electrons. The van der Waals surface area contributed by atoms with Crippen molar-refractivity contribution in [1.82, 2.24) is 0 Å². The van der Waals surface area contributed by atoms with Gasteiger partial charge in [-0.15, -0.1) is 0 Å². The van der Waals surface area contributed by atoms with Gasteiger partial charge >= 0.3 is 0 Å². The zero-order chi connectivity index (χ0) is 15.1. The van der Waals surface area contributed by atoms with E-state index in [1.54, 1.807) is 7.11 Å². The highest BCUT2D eigenvalue weighted by Gasteiger charge is 2.14. The van der Waals surface area contributed by atoms with Crippen LogP contribution in [0, 0.1) is 11.8 Å². The van der Waals surface area contributed by atoms with Gasteiger partial charge in [-0.2, -0.15) is 0 Å². The minimum atomic E-state index is 0.833. The Morgan fingerprint density at radius 1 is 1.11 bits per heavy atom. The van der Waals surface area contributed by atoms with E-state index in [0.29, 0.717) is 0 Å². The Kier molecular flexibility index (Phi) is 17.4. The van der Waals surface area contributed by atoms with Crippen molar-refractivity contribution in [2.45, 2.75) is 79.6 Å². The number of methoxy groups -OCH3 is 1. The first-order valence-corrected chi connectivity index (χ1v) is 8.16. The number of hydrogen-bond donors (Lipinski definition) is 0. The summed E-state index contributed by atoms with van der Waals surface area (Å²) in [6, 6.07) is 0. The Morgan fingerprint density at radius 3 is 1.84 bits per heavy atom. The first-order chi connectivity index (χ1) is 8.99. The van der Waals surface area contributed by atoms with E-state index in [9.17, 15) is 0 Å². The fraction of sp³-hybridized carbons (Fsp3) is 0.889. The van der Waals surface area contributed by atoms with Gasteiger partial charge in [0.05, 0.1) is 0 Å². The average Bonchev–Trinajstić information content (AvgIpc) is 2.40. The molecule has 0 spiro atoms. The van der Waals surface area contributed by atoms with Crippen LogP contribution < -0.4 is 0 Å². The number of allylic oxidation sites excluding steroid dienone is 1. The maximum atomic E-state index is 4.69. The quantitative estimate of drug-likeness (QED) is 0.549. The van der Waals surface area contributed by atoms with Crippen LogP contribution >= 0.6 is 0 Å². The van der Waals surface area contributed by atoms with E-state index in [1.165, 1.54) is 44.1 Å². The predicted octanol–water partition coefficient (Wildman–Crippen LogP) is 6.24. The molecule has 0 heterocycles. The van der Waals surface area contributed by atoms with Crippen LogP contribution in [-0.2, 0) is 4.74 Å². The Labute approximate surface area is 122 Å². The summed E-state index contributed by atoms with van der Waals surface area (Å²) in [5.74, 6) is 1.71. The third-order valence-corrected chi connectivity index (χ3v) is 3.04. The second-order valence-electron chi connectivity index (χ2n) is 6.07. The molecule has 1 aliphatic rings. The van der Waals surface area contributed by atoms with Gasteiger partial charge in [-0.05, 0) is 37.5 Å². The maximum Gasteiger partial charge on any atom is 0.0459 e. The van der Waals surface area contributed by atoms with Crippen LogP contribution in [0.1, 0.15) is 79.6 Å². The molecule has 1 nitrogen and oxygen atoms in total. The van der Waals surface area contributed by atoms with Crippen LogP contribution in [0.15, 0.2) is 12.2 Å². The normalized spacial score (nSPS) is 15.1. The molecule has 0 amide bonds. The molecular formula is C18H38O. The second kappa shape index (κ2) is 15.8. The highest BCUT2D eigenvalue weighted by atomic mass is 16.5. The molecule has 0 aromatic rings. The standard InChI is InChI=1S/C10H18.C4H10O.C4H10/c1-3-9(2)10-7-5-4-6-8-10;1-3-4-5-2;1-4(2)3/h10H,2-8H2,1H3;3-4H2,1-2H3;4H,1-3H3. The SMILES string of the molecule is C=C(CC)C1CCCCC1.CC(C)C.CCCOC. The van der Waals surface area contributed by atoms with Gasteiger partial charge in [0.15, 0.2) is 0 Å². The van der Waals surface area contributed by atoms with Gasteiger partial charge in [-0.1, -0.05) is 66.0 Å². The minimum Gasteiger partial charge on any atom is -0.385 e. The monoisotopic (exact) mass is 270 g/mol. The van der Waals surface area contributed by atoms with Gasteiger partial charge in [-0.25, -0.2) is 0 Å². The summed E-state index contributed by atoms with van der Waals surface area (Å²) in [5, 5.41) is 0. The summed E-state index contributed by atoms with van der Waals surface area (Å²) in [6.45, 7) is 15.8. The third-order valence-electron chi connectivity index (χ3n) is 3.04. The molecule has 0 aromatic carbocycles. The van der Waals surface area contributed by atoms with E-state index in [4.69, 9.17) is 4.74 Å². The second-order valence-corrected chi connectivity index (χ2v) is 6.07. The van der Waals surface area contributed by atoms with E-state index < -0.39 is 0 Å². The maximum absolute atomic E-state index is 4.69. The lowest BCUT2D eigenvalue weighted by Gasteiger charge is -2.22. The summed E-state index contributed by atoms with van der Waals surface area (Å²) in [7, 11) is 1.71. The minimum absolute atomic E-state index is 0.833. The molecule has 1 heteroatoms. The predicted molar refractivity (Wildman–Crippen MR) is 88.7 cm³/mol. The Hall–Kier alpha value is -0.300. The van der Waals surface area contributed by atoms with Crippen molar-refractivity contribution in [1.29, 1.82) is 0 Å². The fourth-order valence-electron chi connectivity index (χ4n) is 2.00. The van der Waals surface area contributed by atoms with Crippen LogP contribution in [0.25, 0.3) is 0 Å². The summed E-state index contributed by atoms with van der Waals surface area (Å²) < 4.78 is 4.69. The lowest BCUT2D eigenvalue weighted by molar-refractivity contribution is 0.199. The van der Waals surface area contributed by atoms with Crippen molar-refractivity contribution in [3.63, 3.8) is 0 Å². The van der Waals surface area contributed by atoms with Gasteiger partial charge in [0.2, 0.25) is 0 Å². The molecule has 0 aromatic heterocycles. The summed E-state index contributed by atoms with van der Waals surface area (Å²) >= 11 is 0. The zero-order valence-corrected chi connectivity index (χ0v) is 14.4. The Morgan fingerprint density at radius 2 is 1.58 bits per heavy atom. The smallest absolute Gasteiger partial charge is 0.0459 e. The first kappa shape index (κ1) is 21.0. The molecule has 1 aliphatic carbocycles. The van der Waals surface area contributed by atoms with Gasteiger partial charge in [0.25, 0.3) is 0 Å². The summed E-state index contributed by atoms with van der Waals surface area (Å²) in [4.78, 5) is 0. The Balaban J connectivity index is 0. The van der Waals surface area contributed by atoms with Crippen LogP contribution in [0.4, 0.5) is 0 Å². The number of rotatable bonds is 4. The zero-order valence-electron chi connectivity index (χ0n) is 14.4. The van der Waals surface area contributed by atoms with Crippen molar-refractivity contribution in [3.8, 4) is 0 Å².